The fourth-order valence-corrected chi connectivity index (χ4v) is 4.45. The predicted molar refractivity (Wildman–Crippen MR) is 94.1 cm³/mol. The fraction of sp³-hybridized carbons (Fsp3) is 0.650. The lowest BCUT2D eigenvalue weighted by Gasteiger charge is -2.39. The summed E-state index contributed by atoms with van der Waals surface area (Å²) in [6.45, 7) is 5.79. The largest absolute Gasteiger partial charge is 0.487 e. The van der Waals surface area contributed by atoms with Crippen molar-refractivity contribution in [3.8, 4) is 5.75 Å². The van der Waals surface area contributed by atoms with Gasteiger partial charge in [0.15, 0.2) is 0 Å². The van der Waals surface area contributed by atoms with Crippen LogP contribution in [0.2, 0.25) is 0 Å². The van der Waals surface area contributed by atoms with E-state index in [0.29, 0.717) is 12.3 Å². The smallest absolute Gasteiger partial charge is 0.224 e. The molecule has 1 amide bonds. The summed E-state index contributed by atoms with van der Waals surface area (Å²) in [5, 5.41) is 0. The van der Waals surface area contributed by atoms with Gasteiger partial charge in [-0.2, -0.15) is 0 Å². The van der Waals surface area contributed by atoms with Gasteiger partial charge < -0.3 is 9.64 Å². The number of likely N-dealkylation sites (tertiary alicyclic amines) is 2. The van der Waals surface area contributed by atoms with Crippen LogP contribution in [0.15, 0.2) is 24.3 Å². The average molecular weight is 328 g/mol. The molecule has 0 spiro atoms. The van der Waals surface area contributed by atoms with Crippen LogP contribution in [-0.4, -0.2) is 54.0 Å². The van der Waals surface area contributed by atoms with E-state index in [-0.39, 0.29) is 6.10 Å². The number of carbonyl (C=O) groups excluding carboxylic acids is 1. The topological polar surface area (TPSA) is 32.8 Å². The molecule has 130 valence electrons. The summed E-state index contributed by atoms with van der Waals surface area (Å²) in [6, 6.07) is 9.04. The molecule has 3 aliphatic rings. The summed E-state index contributed by atoms with van der Waals surface area (Å²) in [6.07, 6.45) is 5.95. The molecule has 1 aliphatic carbocycles. The third-order valence-corrected chi connectivity index (χ3v) is 5.95. The van der Waals surface area contributed by atoms with Gasteiger partial charge in [0.05, 0.1) is 13.1 Å². The van der Waals surface area contributed by atoms with Gasteiger partial charge in [0.2, 0.25) is 5.91 Å². The monoisotopic (exact) mass is 328 g/mol. The molecule has 4 rings (SSSR count). The van der Waals surface area contributed by atoms with Gasteiger partial charge in [0.25, 0.3) is 0 Å². The molecule has 3 fully saturated rings. The van der Waals surface area contributed by atoms with E-state index in [2.05, 4.69) is 24.0 Å². The molecule has 1 aromatic carbocycles. The minimum atomic E-state index is 0.156. The van der Waals surface area contributed by atoms with Gasteiger partial charge in [0.1, 0.15) is 11.9 Å². The molecule has 2 heterocycles. The number of amides is 1. The zero-order valence-electron chi connectivity index (χ0n) is 14.6. The Balaban J connectivity index is 1.19. The lowest BCUT2D eigenvalue weighted by atomic mass is 10.1. The van der Waals surface area contributed by atoms with Gasteiger partial charge in [0, 0.05) is 25.6 Å². The Morgan fingerprint density at radius 3 is 2.83 bits per heavy atom. The van der Waals surface area contributed by atoms with Gasteiger partial charge in [-0.15, -0.1) is 0 Å². The number of ether oxygens (including phenoxy) is 1. The highest BCUT2D eigenvalue weighted by Gasteiger charge is 2.38. The van der Waals surface area contributed by atoms with Crippen molar-refractivity contribution < 1.29 is 9.53 Å². The Kier molecular flexibility index (Phi) is 4.49. The Morgan fingerprint density at radius 2 is 2.12 bits per heavy atom. The van der Waals surface area contributed by atoms with E-state index in [0.717, 1.165) is 43.8 Å². The van der Waals surface area contributed by atoms with Gasteiger partial charge in [-0.1, -0.05) is 19.1 Å². The van der Waals surface area contributed by atoms with Crippen LogP contribution in [-0.2, 0) is 11.2 Å². The van der Waals surface area contributed by atoms with Crippen LogP contribution in [0.4, 0.5) is 0 Å². The van der Waals surface area contributed by atoms with Crippen molar-refractivity contribution >= 4 is 5.91 Å². The summed E-state index contributed by atoms with van der Waals surface area (Å²) >= 11 is 0. The molecule has 2 atom stereocenters. The van der Waals surface area contributed by atoms with Crippen molar-refractivity contribution in [1.29, 1.82) is 0 Å². The Morgan fingerprint density at radius 1 is 1.25 bits per heavy atom. The van der Waals surface area contributed by atoms with E-state index >= 15 is 0 Å². The molecular formula is C20H28N2O2. The lowest BCUT2D eigenvalue weighted by molar-refractivity contribution is -0.140. The average Bonchev–Trinajstić information content (AvgIpc) is 3.18. The van der Waals surface area contributed by atoms with Crippen LogP contribution >= 0.6 is 0 Å². The van der Waals surface area contributed by atoms with Crippen molar-refractivity contribution in [2.75, 3.05) is 26.2 Å². The minimum absolute atomic E-state index is 0.156. The normalized spacial score (nSPS) is 26.6. The molecule has 24 heavy (non-hydrogen) atoms. The van der Waals surface area contributed by atoms with E-state index in [4.69, 9.17) is 4.74 Å². The number of nitrogens with zero attached hydrogens (tertiary/aromatic N) is 2. The summed E-state index contributed by atoms with van der Waals surface area (Å²) in [4.78, 5) is 16.8. The number of benzene rings is 1. The fourth-order valence-electron chi connectivity index (χ4n) is 4.45. The zero-order valence-corrected chi connectivity index (χ0v) is 14.6. The van der Waals surface area contributed by atoms with Gasteiger partial charge in [-0.05, 0) is 49.3 Å². The SMILES string of the molecule is CCc1cccc(OC2CN(C(=O)CCN3C[C@@H]4CC[C@H]3C4)C2)c1. The molecule has 2 aliphatic heterocycles. The Bertz CT molecular complexity index is 597. The second-order valence-corrected chi connectivity index (χ2v) is 7.62. The summed E-state index contributed by atoms with van der Waals surface area (Å²) in [5.41, 5.74) is 1.29. The molecule has 0 N–H and O–H groups in total. The highest BCUT2D eigenvalue weighted by atomic mass is 16.5. The van der Waals surface area contributed by atoms with Crippen LogP contribution in [0.1, 0.15) is 38.2 Å². The quantitative estimate of drug-likeness (QED) is 0.805. The van der Waals surface area contributed by atoms with Crippen molar-refractivity contribution in [3.63, 3.8) is 0 Å². The first-order valence-corrected chi connectivity index (χ1v) is 9.48. The van der Waals surface area contributed by atoms with Crippen molar-refractivity contribution in [3.05, 3.63) is 29.8 Å². The first-order chi connectivity index (χ1) is 11.7. The summed E-state index contributed by atoms with van der Waals surface area (Å²) in [5.74, 6) is 2.13. The van der Waals surface area contributed by atoms with E-state index in [1.807, 2.05) is 17.0 Å². The first-order valence-electron chi connectivity index (χ1n) is 9.48. The molecule has 2 bridgehead atoms. The molecule has 0 aromatic heterocycles. The maximum Gasteiger partial charge on any atom is 0.224 e. The third-order valence-electron chi connectivity index (χ3n) is 5.95. The molecule has 1 saturated carbocycles. The predicted octanol–water partition coefficient (Wildman–Crippen LogP) is 2.71. The van der Waals surface area contributed by atoms with Crippen LogP contribution in [0.3, 0.4) is 0 Å². The highest BCUT2D eigenvalue weighted by Crippen LogP contribution is 2.37. The van der Waals surface area contributed by atoms with Crippen molar-refractivity contribution in [2.24, 2.45) is 5.92 Å². The number of rotatable bonds is 6. The zero-order chi connectivity index (χ0) is 16.5. The van der Waals surface area contributed by atoms with Crippen LogP contribution < -0.4 is 4.74 Å². The Labute approximate surface area is 144 Å². The van der Waals surface area contributed by atoms with Crippen LogP contribution in [0, 0.1) is 5.92 Å². The summed E-state index contributed by atoms with van der Waals surface area (Å²) in [7, 11) is 0. The number of fused-ring (bicyclic) bond motifs is 2. The maximum absolute atomic E-state index is 12.3. The van der Waals surface area contributed by atoms with Gasteiger partial charge in [-0.25, -0.2) is 0 Å². The van der Waals surface area contributed by atoms with Crippen molar-refractivity contribution in [2.45, 2.75) is 51.2 Å². The third kappa shape index (κ3) is 3.30. The number of carbonyl (C=O) groups is 1. The lowest BCUT2D eigenvalue weighted by Crippen LogP contribution is -2.56. The number of hydrogen-bond acceptors (Lipinski definition) is 3. The standard InChI is InChI=1S/C20H28N2O2/c1-2-15-4-3-5-18(11-15)24-19-13-22(14-19)20(23)8-9-21-12-16-6-7-17(21)10-16/h3-5,11,16-17,19H,2,6-10,12-14H2,1H3/t16-,17+/m1/s1. The summed E-state index contributed by atoms with van der Waals surface area (Å²) < 4.78 is 5.99. The minimum Gasteiger partial charge on any atom is -0.487 e. The van der Waals surface area contributed by atoms with E-state index in [1.54, 1.807) is 0 Å². The number of hydrogen-bond donors (Lipinski definition) is 0. The molecule has 2 saturated heterocycles. The maximum atomic E-state index is 12.3. The number of piperidine rings is 1. The molecule has 0 unspecified atom stereocenters. The van der Waals surface area contributed by atoms with E-state index in [1.165, 1.54) is 31.4 Å². The van der Waals surface area contributed by atoms with Crippen molar-refractivity contribution in [1.82, 2.24) is 9.80 Å². The van der Waals surface area contributed by atoms with Gasteiger partial charge in [-0.3, -0.25) is 9.69 Å². The number of aryl methyl sites for hydroxylation is 1. The molecular weight excluding hydrogens is 300 g/mol. The first kappa shape index (κ1) is 15.9. The van der Waals surface area contributed by atoms with Crippen LogP contribution in [0.5, 0.6) is 5.75 Å². The van der Waals surface area contributed by atoms with Crippen LogP contribution in [0.25, 0.3) is 0 Å². The van der Waals surface area contributed by atoms with E-state index < -0.39 is 0 Å². The second kappa shape index (κ2) is 6.75. The van der Waals surface area contributed by atoms with Gasteiger partial charge >= 0.3 is 0 Å². The van der Waals surface area contributed by atoms with E-state index in [9.17, 15) is 4.79 Å². The molecule has 4 nitrogen and oxygen atoms in total. The second-order valence-electron chi connectivity index (χ2n) is 7.62. The molecule has 4 heteroatoms. The Hall–Kier alpha value is -1.55. The molecule has 1 aromatic rings. The molecule has 0 radical (unpaired) electrons. The highest BCUT2D eigenvalue weighted by molar-refractivity contribution is 5.77.